The van der Waals surface area contributed by atoms with Crippen molar-refractivity contribution in [2.75, 3.05) is 19.6 Å². The van der Waals surface area contributed by atoms with Crippen LogP contribution in [-0.4, -0.2) is 41.5 Å². The summed E-state index contributed by atoms with van der Waals surface area (Å²) in [5.41, 5.74) is 1.57. The van der Waals surface area contributed by atoms with Crippen molar-refractivity contribution in [3.63, 3.8) is 0 Å². The molecule has 1 fully saturated rings. The van der Waals surface area contributed by atoms with E-state index in [1.54, 1.807) is 6.20 Å². The zero-order valence-corrected chi connectivity index (χ0v) is 11.9. The molecule has 1 aromatic rings. The zero-order chi connectivity index (χ0) is 13.7. The smallest absolute Gasteiger partial charge is 0.272 e. The molecule has 1 N–H and O–H groups in total. The fraction of sp³-hybridized carbons (Fsp3) is 0.600. The first-order valence-electron chi connectivity index (χ1n) is 7.17. The van der Waals surface area contributed by atoms with Gasteiger partial charge in [-0.15, -0.1) is 0 Å². The van der Waals surface area contributed by atoms with E-state index in [4.69, 9.17) is 0 Å². The van der Waals surface area contributed by atoms with Gasteiger partial charge in [0.25, 0.3) is 5.91 Å². The minimum atomic E-state index is 0.0897. The van der Waals surface area contributed by atoms with Crippen LogP contribution in [0.2, 0.25) is 0 Å². The maximum Gasteiger partial charge on any atom is 0.272 e. The van der Waals surface area contributed by atoms with Crippen LogP contribution in [0.25, 0.3) is 0 Å². The second-order valence-electron chi connectivity index (χ2n) is 5.15. The van der Waals surface area contributed by atoms with Crippen LogP contribution < -0.4 is 5.32 Å². The first kappa shape index (κ1) is 14.0. The van der Waals surface area contributed by atoms with Crippen LogP contribution in [0.4, 0.5) is 0 Å². The molecule has 0 atom stereocenters. The molecule has 1 saturated heterocycles. The second-order valence-corrected chi connectivity index (χ2v) is 5.15. The molecule has 1 aromatic heterocycles. The molecule has 0 aliphatic carbocycles. The van der Waals surface area contributed by atoms with Gasteiger partial charge in [0.15, 0.2) is 0 Å². The van der Waals surface area contributed by atoms with Crippen LogP contribution in [0.15, 0.2) is 18.3 Å². The summed E-state index contributed by atoms with van der Waals surface area (Å²) in [7, 11) is 0. The number of aromatic nitrogens is 1. The Labute approximate surface area is 115 Å². The van der Waals surface area contributed by atoms with Gasteiger partial charge in [0.1, 0.15) is 5.69 Å². The monoisotopic (exact) mass is 261 g/mol. The standard InChI is InChI=1S/C15H23N3O/c1-3-11-18(13-6-9-16-10-7-13)15(19)14-12(2)5-4-8-17-14/h4-5,8,13,16H,3,6-7,9-11H2,1-2H3. The van der Waals surface area contributed by atoms with Gasteiger partial charge in [-0.1, -0.05) is 13.0 Å². The molecule has 1 amide bonds. The van der Waals surface area contributed by atoms with Gasteiger partial charge in [0.2, 0.25) is 0 Å². The van der Waals surface area contributed by atoms with E-state index in [0.29, 0.717) is 11.7 Å². The fourth-order valence-corrected chi connectivity index (χ4v) is 2.65. The molecule has 0 saturated carbocycles. The molecule has 1 aliphatic heterocycles. The zero-order valence-electron chi connectivity index (χ0n) is 11.9. The van der Waals surface area contributed by atoms with Crippen LogP contribution in [0.1, 0.15) is 42.2 Å². The molecule has 4 heteroatoms. The number of hydrogen-bond donors (Lipinski definition) is 1. The summed E-state index contributed by atoms with van der Waals surface area (Å²) in [6.07, 6.45) is 4.77. The third-order valence-electron chi connectivity index (χ3n) is 3.69. The lowest BCUT2D eigenvalue weighted by Crippen LogP contribution is -2.46. The Hall–Kier alpha value is -1.42. The Kier molecular flexibility index (Phi) is 4.91. The topological polar surface area (TPSA) is 45.2 Å². The van der Waals surface area contributed by atoms with Crippen LogP contribution in [0.3, 0.4) is 0 Å². The average Bonchev–Trinajstić information content (AvgIpc) is 2.45. The Bertz CT molecular complexity index is 427. The molecule has 1 aliphatic rings. The van der Waals surface area contributed by atoms with Crippen molar-refractivity contribution in [2.45, 2.75) is 39.2 Å². The van der Waals surface area contributed by atoms with E-state index in [1.807, 2.05) is 24.0 Å². The number of pyridine rings is 1. The third-order valence-corrected chi connectivity index (χ3v) is 3.69. The normalized spacial score (nSPS) is 16.3. The summed E-state index contributed by atoms with van der Waals surface area (Å²) in [6, 6.07) is 4.18. The number of amides is 1. The highest BCUT2D eigenvalue weighted by molar-refractivity contribution is 5.93. The lowest BCUT2D eigenvalue weighted by molar-refractivity contribution is 0.0636. The molecular weight excluding hydrogens is 238 g/mol. The van der Waals surface area contributed by atoms with E-state index in [-0.39, 0.29) is 5.91 Å². The first-order valence-corrected chi connectivity index (χ1v) is 7.17. The highest BCUT2D eigenvalue weighted by Crippen LogP contribution is 2.17. The van der Waals surface area contributed by atoms with E-state index in [9.17, 15) is 4.79 Å². The molecule has 4 nitrogen and oxygen atoms in total. The number of carbonyl (C=O) groups is 1. The van der Waals surface area contributed by atoms with E-state index < -0.39 is 0 Å². The van der Waals surface area contributed by atoms with Gasteiger partial charge in [0, 0.05) is 18.8 Å². The molecule has 0 aromatic carbocycles. The molecule has 2 heterocycles. The third kappa shape index (κ3) is 3.32. The average molecular weight is 261 g/mol. The lowest BCUT2D eigenvalue weighted by Gasteiger charge is -2.34. The van der Waals surface area contributed by atoms with Gasteiger partial charge in [-0.05, 0) is 50.9 Å². The van der Waals surface area contributed by atoms with Gasteiger partial charge in [-0.25, -0.2) is 0 Å². The van der Waals surface area contributed by atoms with Crippen molar-refractivity contribution in [2.24, 2.45) is 0 Å². The van der Waals surface area contributed by atoms with E-state index in [1.165, 1.54) is 0 Å². The SMILES string of the molecule is CCCN(C(=O)c1ncccc1C)C1CCNCC1. The number of nitrogens with one attached hydrogen (secondary N) is 1. The van der Waals surface area contributed by atoms with Crippen LogP contribution in [-0.2, 0) is 0 Å². The second kappa shape index (κ2) is 6.66. The Morgan fingerprint density at radius 2 is 2.21 bits per heavy atom. The Morgan fingerprint density at radius 1 is 1.47 bits per heavy atom. The van der Waals surface area contributed by atoms with Crippen molar-refractivity contribution in [1.82, 2.24) is 15.2 Å². The summed E-state index contributed by atoms with van der Waals surface area (Å²) in [5.74, 6) is 0.0897. The van der Waals surface area contributed by atoms with E-state index in [0.717, 1.165) is 44.5 Å². The number of piperidine rings is 1. The number of nitrogens with zero attached hydrogens (tertiary/aromatic N) is 2. The van der Waals surface area contributed by atoms with Gasteiger partial charge < -0.3 is 10.2 Å². The van der Waals surface area contributed by atoms with Crippen molar-refractivity contribution >= 4 is 5.91 Å². The minimum Gasteiger partial charge on any atom is -0.334 e. The highest BCUT2D eigenvalue weighted by Gasteiger charge is 2.26. The van der Waals surface area contributed by atoms with Crippen LogP contribution in [0.5, 0.6) is 0 Å². The quantitative estimate of drug-likeness (QED) is 0.901. The number of rotatable bonds is 4. The van der Waals surface area contributed by atoms with Crippen LogP contribution in [0, 0.1) is 6.92 Å². The van der Waals surface area contributed by atoms with Gasteiger partial charge in [-0.2, -0.15) is 0 Å². The molecule has 0 radical (unpaired) electrons. The summed E-state index contributed by atoms with van der Waals surface area (Å²) >= 11 is 0. The van der Waals surface area contributed by atoms with Gasteiger partial charge in [0.05, 0.1) is 0 Å². The molecule has 0 spiro atoms. The summed E-state index contributed by atoms with van der Waals surface area (Å²) in [6.45, 7) is 6.89. The summed E-state index contributed by atoms with van der Waals surface area (Å²) < 4.78 is 0. The largest absolute Gasteiger partial charge is 0.334 e. The van der Waals surface area contributed by atoms with Gasteiger partial charge >= 0.3 is 0 Å². The summed E-state index contributed by atoms with van der Waals surface area (Å²) in [4.78, 5) is 19.0. The lowest BCUT2D eigenvalue weighted by atomic mass is 10.0. The first-order chi connectivity index (χ1) is 9.24. The summed E-state index contributed by atoms with van der Waals surface area (Å²) in [5, 5.41) is 3.35. The predicted molar refractivity (Wildman–Crippen MR) is 76.2 cm³/mol. The minimum absolute atomic E-state index is 0.0897. The van der Waals surface area contributed by atoms with Crippen molar-refractivity contribution in [3.8, 4) is 0 Å². The van der Waals surface area contributed by atoms with Crippen molar-refractivity contribution in [1.29, 1.82) is 0 Å². The number of hydrogen-bond acceptors (Lipinski definition) is 3. The van der Waals surface area contributed by atoms with Crippen molar-refractivity contribution < 1.29 is 4.79 Å². The van der Waals surface area contributed by atoms with E-state index in [2.05, 4.69) is 17.2 Å². The number of carbonyl (C=O) groups excluding carboxylic acids is 1. The molecule has 19 heavy (non-hydrogen) atoms. The molecule has 104 valence electrons. The number of aryl methyl sites for hydroxylation is 1. The fourth-order valence-electron chi connectivity index (χ4n) is 2.65. The molecule has 0 unspecified atom stereocenters. The van der Waals surface area contributed by atoms with E-state index >= 15 is 0 Å². The highest BCUT2D eigenvalue weighted by atomic mass is 16.2. The Morgan fingerprint density at radius 3 is 2.84 bits per heavy atom. The Balaban J connectivity index is 2.18. The maximum absolute atomic E-state index is 12.7. The maximum atomic E-state index is 12.7. The molecule has 2 rings (SSSR count). The molecule has 0 bridgehead atoms. The van der Waals surface area contributed by atoms with Gasteiger partial charge in [-0.3, -0.25) is 9.78 Å². The van der Waals surface area contributed by atoms with Crippen LogP contribution >= 0.6 is 0 Å². The predicted octanol–water partition coefficient (Wildman–Crippen LogP) is 1.99. The molecular formula is C15H23N3O. The van der Waals surface area contributed by atoms with Crippen molar-refractivity contribution in [3.05, 3.63) is 29.6 Å².